The second-order valence-corrected chi connectivity index (χ2v) is 5.40. The standard InChI is InChI=1S/C16H17FN2O2/c1-11-6-4-5-9-19(11)16(20)15-10-14(18-21-15)12-7-2-3-8-13(12)17/h2-3,7-8,10-11H,4-6,9H2,1H3/t11-/m0/s1. The Morgan fingerprint density at radius 1 is 1.38 bits per heavy atom. The summed E-state index contributed by atoms with van der Waals surface area (Å²) in [5.41, 5.74) is 0.688. The minimum absolute atomic E-state index is 0.169. The van der Waals surface area contributed by atoms with Gasteiger partial charge < -0.3 is 9.42 Å². The molecule has 3 rings (SSSR count). The third kappa shape index (κ3) is 2.68. The molecule has 0 unspecified atom stereocenters. The number of hydrogen-bond acceptors (Lipinski definition) is 3. The lowest BCUT2D eigenvalue weighted by Crippen LogP contribution is -2.41. The van der Waals surface area contributed by atoms with E-state index in [9.17, 15) is 9.18 Å². The fraction of sp³-hybridized carbons (Fsp3) is 0.375. The van der Waals surface area contributed by atoms with E-state index in [-0.39, 0.29) is 23.5 Å². The first kappa shape index (κ1) is 13.8. The fourth-order valence-corrected chi connectivity index (χ4v) is 2.71. The Kier molecular flexibility index (Phi) is 3.73. The normalized spacial score (nSPS) is 18.8. The average molecular weight is 288 g/mol. The van der Waals surface area contributed by atoms with E-state index in [2.05, 4.69) is 5.16 Å². The fourth-order valence-electron chi connectivity index (χ4n) is 2.71. The Labute approximate surface area is 122 Å². The molecule has 1 aromatic heterocycles. The monoisotopic (exact) mass is 288 g/mol. The summed E-state index contributed by atoms with van der Waals surface area (Å²) >= 11 is 0. The van der Waals surface area contributed by atoms with Gasteiger partial charge in [0.25, 0.3) is 5.91 Å². The molecule has 1 aromatic carbocycles. The van der Waals surface area contributed by atoms with Gasteiger partial charge in [0, 0.05) is 24.2 Å². The molecule has 1 saturated heterocycles. The summed E-state index contributed by atoms with van der Waals surface area (Å²) in [4.78, 5) is 14.2. The molecular formula is C16H17FN2O2. The molecule has 2 aromatic rings. The summed E-state index contributed by atoms with van der Waals surface area (Å²) in [5, 5.41) is 3.83. The van der Waals surface area contributed by atoms with Crippen LogP contribution in [0.4, 0.5) is 4.39 Å². The largest absolute Gasteiger partial charge is 0.350 e. The number of aromatic nitrogens is 1. The van der Waals surface area contributed by atoms with Crippen molar-refractivity contribution in [2.45, 2.75) is 32.2 Å². The van der Waals surface area contributed by atoms with Crippen molar-refractivity contribution in [2.75, 3.05) is 6.54 Å². The average Bonchev–Trinajstić information content (AvgIpc) is 2.97. The van der Waals surface area contributed by atoms with E-state index in [4.69, 9.17) is 4.52 Å². The van der Waals surface area contributed by atoms with Gasteiger partial charge in [-0.2, -0.15) is 0 Å². The molecule has 0 N–H and O–H groups in total. The zero-order valence-corrected chi connectivity index (χ0v) is 11.9. The van der Waals surface area contributed by atoms with Gasteiger partial charge in [-0.15, -0.1) is 0 Å². The lowest BCUT2D eigenvalue weighted by molar-refractivity contribution is 0.0593. The van der Waals surface area contributed by atoms with Crippen molar-refractivity contribution in [3.05, 3.63) is 41.9 Å². The van der Waals surface area contributed by atoms with Crippen molar-refractivity contribution in [1.82, 2.24) is 10.1 Å². The number of halogens is 1. The van der Waals surface area contributed by atoms with Crippen LogP contribution in [-0.2, 0) is 0 Å². The van der Waals surface area contributed by atoms with Crippen LogP contribution in [0, 0.1) is 5.82 Å². The summed E-state index contributed by atoms with van der Waals surface area (Å²) in [6, 6.07) is 8.03. The summed E-state index contributed by atoms with van der Waals surface area (Å²) in [6.45, 7) is 2.76. The number of piperidine rings is 1. The van der Waals surface area contributed by atoms with Gasteiger partial charge in [0.2, 0.25) is 5.76 Å². The van der Waals surface area contributed by atoms with Crippen molar-refractivity contribution < 1.29 is 13.7 Å². The Morgan fingerprint density at radius 3 is 2.95 bits per heavy atom. The molecule has 0 radical (unpaired) electrons. The molecule has 1 aliphatic heterocycles. The van der Waals surface area contributed by atoms with Crippen LogP contribution in [0.15, 0.2) is 34.9 Å². The molecule has 21 heavy (non-hydrogen) atoms. The van der Waals surface area contributed by atoms with Crippen LogP contribution in [0.25, 0.3) is 11.3 Å². The van der Waals surface area contributed by atoms with Crippen LogP contribution >= 0.6 is 0 Å². The Morgan fingerprint density at radius 2 is 2.19 bits per heavy atom. The van der Waals surface area contributed by atoms with Gasteiger partial charge in [-0.1, -0.05) is 17.3 Å². The molecule has 2 heterocycles. The zero-order chi connectivity index (χ0) is 14.8. The second-order valence-electron chi connectivity index (χ2n) is 5.40. The number of hydrogen-bond donors (Lipinski definition) is 0. The number of carbonyl (C=O) groups excluding carboxylic acids is 1. The molecule has 110 valence electrons. The van der Waals surface area contributed by atoms with E-state index in [0.29, 0.717) is 11.3 Å². The van der Waals surface area contributed by atoms with Crippen LogP contribution in [-0.4, -0.2) is 28.6 Å². The highest BCUT2D eigenvalue weighted by atomic mass is 19.1. The van der Waals surface area contributed by atoms with E-state index in [1.165, 1.54) is 12.1 Å². The van der Waals surface area contributed by atoms with Crippen LogP contribution in [0.3, 0.4) is 0 Å². The molecular weight excluding hydrogens is 271 g/mol. The molecule has 1 fully saturated rings. The number of carbonyl (C=O) groups is 1. The van der Waals surface area contributed by atoms with Crippen molar-refractivity contribution in [1.29, 1.82) is 0 Å². The minimum atomic E-state index is -0.379. The van der Waals surface area contributed by atoms with Crippen LogP contribution in [0.2, 0.25) is 0 Å². The predicted octanol–water partition coefficient (Wildman–Crippen LogP) is 3.50. The van der Waals surface area contributed by atoms with E-state index < -0.39 is 0 Å². The first-order valence-electron chi connectivity index (χ1n) is 7.19. The molecule has 0 bridgehead atoms. The minimum Gasteiger partial charge on any atom is -0.350 e. The number of rotatable bonds is 2. The Hall–Kier alpha value is -2.17. The van der Waals surface area contributed by atoms with Crippen molar-refractivity contribution >= 4 is 5.91 Å². The predicted molar refractivity (Wildman–Crippen MR) is 76.2 cm³/mol. The highest BCUT2D eigenvalue weighted by molar-refractivity contribution is 5.92. The quantitative estimate of drug-likeness (QED) is 0.849. The first-order chi connectivity index (χ1) is 10.2. The summed E-state index contributed by atoms with van der Waals surface area (Å²) < 4.78 is 18.9. The number of nitrogens with zero attached hydrogens (tertiary/aromatic N) is 2. The van der Waals surface area contributed by atoms with Crippen molar-refractivity contribution in [3.63, 3.8) is 0 Å². The summed E-state index contributed by atoms with van der Waals surface area (Å²) in [7, 11) is 0. The molecule has 1 aliphatic rings. The third-order valence-corrected chi connectivity index (χ3v) is 3.93. The first-order valence-corrected chi connectivity index (χ1v) is 7.19. The maximum absolute atomic E-state index is 13.7. The van der Waals surface area contributed by atoms with Crippen LogP contribution in [0.1, 0.15) is 36.7 Å². The number of likely N-dealkylation sites (tertiary alicyclic amines) is 1. The molecule has 1 amide bonds. The van der Waals surface area contributed by atoms with Gasteiger partial charge in [-0.3, -0.25) is 4.79 Å². The summed E-state index contributed by atoms with van der Waals surface area (Å²) in [5.74, 6) is -0.379. The van der Waals surface area contributed by atoms with Gasteiger partial charge >= 0.3 is 0 Å². The topological polar surface area (TPSA) is 46.3 Å². The molecule has 0 spiro atoms. The zero-order valence-electron chi connectivity index (χ0n) is 11.9. The van der Waals surface area contributed by atoms with Gasteiger partial charge in [0.05, 0.1) is 0 Å². The number of amides is 1. The van der Waals surface area contributed by atoms with E-state index in [1.54, 1.807) is 23.1 Å². The SMILES string of the molecule is C[C@H]1CCCCN1C(=O)c1cc(-c2ccccc2F)no1. The molecule has 0 aliphatic carbocycles. The van der Waals surface area contributed by atoms with Gasteiger partial charge in [-0.05, 0) is 38.3 Å². The van der Waals surface area contributed by atoms with Crippen molar-refractivity contribution in [2.24, 2.45) is 0 Å². The van der Waals surface area contributed by atoms with Gasteiger partial charge in [-0.25, -0.2) is 4.39 Å². The van der Waals surface area contributed by atoms with Crippen molar-refractivity contribution in [3.8, 4) is 11.3 Å². The maximum Gasteiger partial charge on any atom is 0.292 e. The third-order valence-electron chi connectivity index (χ3n) is 3.93. The highest BCUT2D eigenvalue weighted by Crippen LogP contribution is 2.24. The molecule has 1 atom stereocenters. The lowest BCUT2D eigenvalue weighted by atomic mass is 10.0. The molecule has 0 saturated carbocycles. The maximum atomic E-state index is 13.7. The van der Waals surface area contributed by atoms with Crippen LogP contribution < -0.4 is 0 Å². The molecule has 4 nitrogen and oxygen atoms in total. The van der Waals surface area contributed by atoms with E-state index in [0.717, 1.165) is 25.8 Å². The van der Waals surface area contributed by atoms with Crippen LogP contribution in [0.5, 0.6) is 0 Å². The number of benzene rings is 1. The summed E-state index contributed by atoms with van der Waals surface area (Å²) in [6.07, 6.45) is 3.15. The molecule has 5 heteroatoms. The van der Waals surface area contributed by atoms with Gasteiger partial charge in [0.1, 0.15) is 11.5 Å². The van der Waals surface area contributed by atoms with Gasteiger partial charge in [0.15, 0.2) is 0 Å². The lowest BCUT2D eigenvalue weighted by Gasteiger charge is -2.32. The van der Waals surface area contributed by atoms with E-state index >= 15 is 0 Å². The second kappa shape index (κ2) is 5.68. The Balaban J connectivity index is 1.85. The smallest absolute Gasteiger partial charge is 0.292 e. The highest BCUT2D eigenvalue weighted by Gasteiger charge is 2.27. The van der Waals surface area contributed by atoms with E-state index in [1.807, 2.05) is 6.92 Å². The Bertz CT molecular complexity index is 653.